The largest absolute Gasteiger partial charge is 0.309 e. The maximum atomic E-state index is 13.7. The van der Waals surface area contributed by atoms with Crippen LogP contribution in [0.15, 0.2) is 71.5 Å². The summed E-state index contributed by atoms with van der Waals surface area (Å²) in [4.78, 5) is 34.0. The van der Waals surface area contributed by atoms with Crippen LogP contribution >= 0.6 is 0 Å². The number of carbonyl (C=O) groups is 1. The smallest absolute Gasteiger partial charge is 0.265 e. The van der Waals surface area contributed by atoms with Crippen LogP contribution in [0.1, 0.15) is 42.3 Å². The minimum absolute atomic E-state index is 0.0482. The van der Waals surface area contributed by atoms with Gasteiger partial charge in [0.15, 0.2) is 0 Å². The Morgan fingerprint density at radius 1 is 0.909 bits per heavy atom. The summed E-state index contributed by atoms with van der Waals surface area (Å²) < 4.78 is 1.69. The third-order valence-corrected chi connectivity index (χ3v) is 6.46. The highest BCUT2D eigenvalue weighted by Crippen LogP contribution is 2.41. The van der Waals surface area contributed by atoms with Crippen molar-refractivity contribution < 1.29 is 4.79 Å². The van der Waals surface area contributed by atoms with Crippen LogP contribution in [0.2, 0.25) is 0 Å². The molecule has 1 aliphatic rings. The number of rotatable bonds is 4. The normalized spacial score (nSPS) is 15.5. The molecular formula is C28H27N3O2. The Hall–Kier alpha value is -3.73. The molecule has 166 valence electrons. The zero-order chi connectivity index (χ0) is 23.3. The first kappa shape index (κ1) is 21.1. The molecular weight excluding hydrogens is 410 g/mol. The Morgan fingerprint density at radius 3 is 2.39 bits per heavy atom. The van der Waals surface area contributed by atoms with Crippen LogP contribution in [0.4, 0.5) is 5.69 Å². The molecule has 5 heteroatoms. The topological polar surface area (TPSA) is 55.2 Å². The lowest BCUT2D eigenvalue weighted by Gasteiger charge is -2.22. The maximum Gasteiger partial charge on any atom is 0.265 e. The Kier molecular flexibility index (Phi) is 5.12. The van der Waals surface area contributed by atoms with Gasteiger partial charge in [-0.3, -0.25) is 14.2 Å². The van der Waals surface area contributed by atoms with Crippen molar-refractivity contribution >= 4 is 22.5 Å². The van der Waals surface area contributed by atoms with E-state index in [4.69, 9.17) is 4.98 Å². The summed E-state index contributed by atoms with van der Waals surface area (Å²) in [7, 11) is 0. The highest BCUT2D eigenvalue weighted by Gasteiger charge is 2.39. The molecule has 0 fully saturated rings. The first-order chi connectivity index (χ1) is 15.9. The van der Waals surface area contributed by atoms with Crippen molar-refractivity contribution in [3.05, 3.63) is 99.6 Å². The molecule has 3 aromatic carbocycles. The lowest BCUT2D eigenvalue weighted by molar-refractivity contribution is -0.119. The number of fused-ring (bicyclic) bond motifs is 2. The molecule has 1 amide bonds. The molecule has 1 atom stereocenters. The van der Waals surface area contributed by atoms with Gasteiger partial charge in [0.1, 0.15) is 5.82 Å². The van der Waals surface area contributed by atoms with Crippen molar-refractivity contribution in [1.82, 2.24) is 9.55 Å². The van der Waals surface area contributed by atoms with Crippen molar-refractivity contribution in [2.24, 2.45) is 0 Å². The van der Waals surface area contributed by atoms with E-state index in [-0.39, 0.29) is 23.4 Å². The molecule has 33 heavy (non-hydrogen) atoms. The molecule has 5 nitrogen and oxygen atoms in total. The second kappa shape index (κ2) is 8.00. The van der Waals surface area contributed by atoms with E-state index in [0.29, 0.717) is 23.1 Å². The predicted molar refractivity (Wildman–Crippen MR) is 132 cm³/mol. The Labute approximate surface area is 193 Å². The number of benzene rings is 3. The molecule has 0 saturated heterocycles. The molecule has 4 aromatic rings. The van der Waals surface area contributed by atoms with Gasteiger partial charge >= 0.3 is 0 Å². The molecule has 1 aliphatic heterocycles. The summed E-state index contributed by atoms with van der Waals surface area (Å²) >= 11 is 0. The minimum Gasteiger partial charge on any atom is -0.309 e. The maximum absolute atomic E-state index is 13.7. The third-order valence-electron chi connectivity index (χ3n) is 6.46. The number of aryl methyl sites for hydroxylation is 2. The Bertz CT molecular complexity index is 1450. The summed E-state index contributed by atoms with van der Waals surface area (Å²) in [6.45, 7) is 8.08. The highest BCUT2D eigenvalue weighted by molar-refractivity contribution is 6.05. The van der Waals surface area contributed by atoms with E-state index < -0.39 is 0 Å². The molecule has 0 bridgehead atoms. The summed E-state index contributed by atoms with van der Waals surface area (Å²) in [5, 5.41) is 0.572. The van der Waals surface area contributed by atoms with Gasteiger partial charge in [0.05, 0.1) is 22.5 Å². The van der Waals surface area contributed by atoms with Gasteiger partial charge in [0.2, 0.25) is 5.91 Å². The fraction of sp³-hybridized carbons (Fsp3) is 0.250. The molecule has 0 N–H and O–H groups in total. The van der Waals surface area contributed by atoms with Crippen molar-refractivity contribution in [2.45, 2.75) is 46.1 Å². The summed E-state index contributed by atoms with van der Waals surface area (Å²) in [6.07, 6.45) is 0.354. The molecule has 1 aromatic heterocycles. The molecule has 5 rings (SSSR count). The number of nitrogens with zero attached hydrogens (tertiary/aromatic N) is 3. The van der Waals surface area contributed by atoms with Gasteiger partial charge in [-0.2, -0.15) is 0 Å². The number of anilines is 1. The van der Waals surface area contributed by atoms with E-state index in [0.717, 1.165) is 28.1 Å². The highest BCUT2D eigenvalue weighted by atomic mass is 16.2. The molecule has 0 aliphatic carbocycles. The zero-order valence-corrected chi connectivity index (χ0v) is 19.4. The lowest BCUT2D eigenvalue weighted by atomic mass is 9.95. The fourth-order valence-corrected chi connectivity index (χ4v) is 4.88. The van der Waals surface area contributed by atoms with Gasteiger partial charge in [-0.1, -0.05) is 48.0 Å². The monoisotopic (exact) mass is 437 g/mol. The second-order valence-corrected chi connectivity index (χ2v) is 9.09. The zero-order valence-electron chi connectivity index (χ0n) is 19.4. The average molecular weight is 438 g/mol. The first-order valence-electron chi connectivity index (χ1n) is 11.4. The predicted octanol–water partition coefficient (Wildman–Crippen LogP) is 5.08. The molecule has 0 radical (unpaired) electrons. The number of hydrogen-bond donors (Lipinski definition) is 0. The van der Waals surface area contributed by atoms with Crippen LogP contribution in [0.25, 0.3) is 16.6 Å². The second-order valence-electron chi connectivity index (χ2n) is 9.09. The van der Waals surface area contributed by atoms with Crippen LogP contribution in [0, 0.1) is 13.8 Å². The van der Waals surface area contributed by atoms with Gasteiger partial charge in [0.25, 0.3) is 5.56 Å². The van der Waals surface area contributed by atoms with E-state index in [1.165, 1.54) is 0 Å². The van der Waals surface area contributed by atoms with Gasteiger partial charge in [-0.05, 0) is 63.1 Å². The summed E-state index contributed by atoms with van der Waals surface area (Å²) in [5.74, 6) is 0.277. The summed E-state index contributed by atoms with van der Waals surface area (Å²) in [6, 6.07) is 21.4. The number of para-hydroxylation sites is 2. The number of aromatic nitrogens is 2. The standard InChI is InChI=1S/C28H27N3O2/c1-17(2)30-25-14-13-18(3)15-21(25)22(28(30)33)16-26-29-23-11-7-6-10-20(23)27(32)31(26)24-12-8-5-9-19(24)4/h5-15,17,22H,16H2,1-4H3/t22-/m0/s1. The minimum atomic E-state index is -0.384. The van der Waals surface area contributed by atoms with E-state index in [1.807, 2.05) is 93.3 Å². The van der Waals surface area contributed by atoms with Gasteiger partial charge in [-0.15, -0.1) is 0 Å². The number of carbonyl (C=O) groups excluding carboxylic acids is 1. The van der Waals surface area contributed by atoms with Gasteiger partial charge < -0.3 is 4.90 Å². The van der Waals surface area contributed by atoms with Crippen LogP contribution in [0.5, 0.6) is 0 Å². The van der Waals surface area contributed by atoms with Crippen LogP contribution in [-0.2, 0) is 11.2 Å². The number of amides is 1. The summed E-state index contributed by atoms with van der Waals surface area (Å²) in [5.41, 5.74) is 5.39. The van der Waals surface area contributed by atoms with Crippen LogP contribution in [0.3, 0.4) is 0 Å². The van der Waals surface area contributed by atoms with Crippen molar-refractivity contribution in [1.29, 1.82) is 0 Å². The van der Waals surface area contributed by atoms with Crippen LogP contribution in [-0.4, -0.2) is 21.5 Å². The Morgan fingerprint density at radius 2 is 1.64 bits per heavy atom. The SMILES string of the molecule is Cc1ccc2c(c1)[C@H](Cc1nc3ccccc3c(=O)n1-c1ccccc1C)C(=O)N2C(C)C. The molecule has 0 spiro atoms. The lowest BCUT2D eigenvalue weighted by Crippen LogP contribution is -2.36. The molecule has 0 saturated carbocycles. The quantitative estimate of drug-likeness (QED) is 0.447. The van der Waals surface area contributed by atoms with Crippen molar-refractivity contribution in [3.63, 3.8) is 0 Å². The molecule has 0 unspecified atom stereocenters. The fourth-order valence-electron chi connectivity index (χ4n) is 4.88. The third kappa shape index (κ3) is 3.44. The van der Waals surface area contributed by atoms with E-state index in [9.17, 15) is 9.59 Å². The van der Waals surface area contributed by atoms with E-state index in [2.05, 4.69) is 6.07 Å². The number of hydrogen-bond acceptors (Lipinski definition) is 3. The first-order valence-corrected chi connectivity index (χ1v) is 11.4. The Balaban J connectivity index is 1.73. The van der Waals surface area contributed by atoms with Gasteiger partial charge in [-0.25, -0.2) is 4.98 Å². The van der Waals surface area contributed by atoms with E-state index in [1.54, 1.807) is 4.57 Å². The van der Waals surface area contributed by atoms with Crippen molar-refractivity contribution in [3.8, 4) is 5.69 Å². The molecule has 2 heterocycles. The van der Waals surface area contributed by atoms with Crippen molar-refractivity contribution in [2.75, 3.05) is 4.90 Å². The average Bonchev–Trinajstić information content (AvgIpc) is 3.06. The van der Waals surface area contributed by atoms with Crippen LogP contribution < -0.4 is 10.5 Å². The van der Waals surface area contributed by atoms with Gasteiger partial charge in [0, 0.05) is 18.2 Å². The van der Waals surface area contributed by atoms with E-state index >= 15 is 0 Å².